The fraction of sp³-hybridized carbons (Fsp3) is 1.00. The Kier molecular flexibility index (Phi) is 1.81. The fourth-order valence-electron chi connectivity index (χ4n) is 0. The molecule has 0 saturated heterocycles. The van der Waals surface area contributed by atoms with Crippen molar-refractivity contribution in [1.29, 1.82) is 0 Å². The van der Waals surface area contributed by atoms with Gasteiger partial charge in [0.25, 0.3) is 0 Å². The molecule has 0 heterocycles. The molecule has 0 radical (unpaired) electrons. The van der Waals surface area contributed by atoms with Gasteiger partial charge in [-0.3, -0.25) is 8.22 Å². The Morgan fingerprint density at radius 2 is 1.00 bits per heavy atom. The molecule has 0 N–H and O–H groups in total. The van der Waals surface area contributed by atoms with E-state index in [4.69, 9.17) is 0 Å². The summed E-state index contributed by atoms with van der Waals surface area (Å²) in [5.74, 6) is 0. The highest BCUT2D eigenvalue weighted by Gasteiger charge is 2.65. The van der Waals surface area contributed by atoms with E-state index in [0.717, 1.165) is 0 Å². The predicted molar refractivity (Wildman–Crippen MR) is 22.9 cm³/mol. The van der Waals surface area contributed by atoms with Gasteiger partial charge < -0.3 is 0 Å². The highest BCUT2D eigenvalue weighted by molar-refractivity contribution is 7.27. The third kappa shape index (κ3) is 1.91. The molecule has 0 amide bonds. The Bertz CT molecular complexity index is 65.4. The topological polar surface area (TPSA) is 0 Å². The number of halogens is 5. The third-order valence-electron chi connectivity index (χ3n) is 0.498. The van der Waals surface area contributed by atoms with Crippen molar-refractivity contribution < 1.29 is 20.5 Å². The Hall–Kier alpha value is 0.0838. The average molecular weight is 166 g/mol. The molecule has 0 spiro atoms. The summed E-state index contributed by atoms with van der Waals surface area (Å²) in [5.41, 5.74) is 0. The largest absolute Gasteiger partial charge is 0.661 e. The minimum Gasteiger partial charge on any atom is -0.265 e. The molecule has 0 fully saturated rings. The van der Waals surface area contributed by atoms with Crippen LogP contribution in [0.3, 0.4) is 0 Å². The van der Waals surface area contributed by atoms with Crippen molar-refractivity contribution in [2.75, 3.05) is 0 Å². The van der Waals surface area contributed by atoms with Gasteiger partial charge in [0.05, 0.1) is 0 Å². The fourth-order valence-corrected chi connectivity index (χ4v) is 0. The standard InChI is InChI=1S/CH3F5Si2/c1-7(2,3)8(4,5)6/h1H3. The van der Waals surface area contributed by atoms with Crippen LogP contribution >= 0.6 is 0 Å². The van der Waals surface area contributed by atoms with E-state index in [9.17, 15) is 20.5 Å². The van der Waals surface area contributed by atoms with Gasteiger partial charge in [-0.2, -0.15) is 0 Å². The van der Waals surface area contributed by atoms with E-state index < -0.39 is 16.9 Å². The van der Waals surface area contributed by atoms with Gasteiger partial charge in [-0.05, 0) is 6.55 Å². The van der Waals surface area contributed by atoms with Crippen LogP contribution in [0.15, 0.2) is 0 Å². The molecule has 0 unspecified atom stereocenters. The molecule has 0 aliphatic rings. The first-order valence-corrected chi connectivity index (χ1v) is 6.58. The summed E-state index contributed by atoms with van der Waals surface area (Å²) in [7, 11) is -12.3. The Balaban J connectivity index is 4.02. The quantitative estimate of drug-likeness (QED) is 0.317. The molecular weight excluding hydrogens is 163 g/mol. The summed E-state index contributed by atoms with van der Waals surface area (Å²) in [6, 6.07) is 0. The van der Waals surface area contributed by atoms with Crippen LogP contribution in [0.5, 0.6) is 0 Å². The predicted octanol–water partition coefficient (Wildman–Crippen LogP) is 1.92. The van der Waals surface area contributed by atoms with Crippen LogP contribution in [-0.2, 0) is 0 Å². The van der Waals surface area contributed by atoms with E-state index in [2.05, 4.69) is 0 Å². The summed E-state index contributed by atoms with van der Waals surface area (Å²) >= 11 is 0. The summed E-state index contributed by atoms with van der Waals surface area (Å²) in [6.07, 6.45) is 0. The number of hydrogen-bond donors (Lipinski definition) is 0. The zero-order valence-corrected chi connectivity index (χ0v) is 5.89. The molecule has 0 aromatic rings. The smallest absolute Gasteiger partial charge is 0.265 e. The van der Waals surface area contributed by atoms with Crippen LogP contribution < -0.4 is 0 Å². The van der Waals surface area contributed by atoms with Crippen molar-refractivity contribution in [2.24, 2.45) is 0 Å². The highest BCUT2D eigenvalue weighted by Crippen LogP contribution is 2.24. The van der Waals surface area contributed by atoms with Crippen LogP contribution in [0, 0.1) is 0 Å². The Labute approximate surface area is 45.0 Å². The maximum absolute atomic E-state index is 11.3. The second kappa shape index (κ2) is 1.80. The summed E-state index contributed by atoms with van der Waals surface area (Å²) < 4.78 is 55.6. The molecule has 0 aromatic carbocycles. The number of rotatable bonds is 1. The van der Waals surface area contributed by atoms with Crippen molar-refractivity contribution in [3.63, 3.8) is 0 Å². The van der Waals surface area contributed by atoms with Crippen molar-refractivity contribution in [3.05, 3.63) is 0 Å². The average Bonchev–Trinajstić information content (AvgIpc) is 1.25. The van der Waals surface area contributed by atoms with Gasteiger partial charge in [-0.15, -0.1) is 0 Å². The highest BCUT2D eigenvalue weighted by atomic mass is 29.4. The van der Waals surface area contributed by atoms with Gasteiger partial charge in [0.2, 0.25) is 0 Å². The SMILES string of the molecule is C[Si](F)(F)[Si](F)(F)F. The lowest BCUT2D eigenvalue weighted by molar-refractivity contribution is 0.470. The molecule has 0 atom stereocenters. The maximum atomic E-state index is 11.3. The molecule has 0 bridgehead atoms. The Morgan fingerprint density at radius 3 is 1.00 bits per heavy atom. The summed E-state index contributed by atoms with van der Waals surface area (Å²) in [4.78, 5) is 0. The normalized spacial score (nSPS) is 14.2. The molecule has 0 saturated carbocycles. The van der Waals surface area contributed by atoms with Crippen LogP contribution in [-0.4, -0.2) is 16.9 Å². The monoisotopic (exact) mass is 166 g/mol. The first-order valence-electron chi connectivity index (χ1n) is 1.69. The van der Waals surface area contributed by atoms with E-state index in [1.54, 1.807) is 0 Å². The van der Waals surface area contributed by atoms with Crippen molar-refractivity contribution >= 4 is 16.9 Å². The lowest BCUT2D eigenvalue weighted by Gasteiger charge is -2.05. The summed E-state index contributed by atoms with van der Waals surface area (Å²) in [5, 5.41) is 0. The first kappa shape index (κ1) is 8.08. The molecule has 8 heavy (non-hydrogen) atoms. The zero-order valence-electron chi connectivity index (χ0n) is 3.89. The minimum atomic E-state index is -6.55. The number of hydrogen-bond acceptors (Lipinski definition) is 0. The summed E-state index contributed by atoms with van der Waals surface area (Å²) in [6.45, 7) is 0.0131. The maximum Gasteiger partial charge on any atom is 0.661 e. The Morgan fingerprint density at radius 1 is 0.875 bits per heavy atom. The molecule has 0 rings (SSSR count). The molecule has 0 aliphatic heterocycles. The van der Waals surface area contributed by atoms with E-state index in [1.807, 2.05) is 0 Å². The zero-order chi connectivity index (χ0) is 7.00. The van der Waals surface area contributed by atoms with Crippen LogP contribution in [0.4, 0.5) is 20.5 Å². The lowest BCUT2D eigenvalue weighted by Crippen LogP contribution is -2.44. The van der Waals surface area contributed by atoms with Gasteiger partial charge in [-0.1, -0.05) is 0 Å². The van der Waals surface area contributed by atoms with Crippen LogP contribution in [0.1, 0.15) is 0 Å². The van der Waals surface area contributed by atoms with Gasteiger partial charge >= 0.3 is 16.9 Å². The third-order valence-corrected chi connectivity index (χ3v) is 4.48. The second-order valence-corrected chi connectivity index (χ2v) is 8.49. The van der Waals surface area contributed by atoms with Crippen molar-refractivity contribution in [3.8, 4) is 0 Å². The van der Waals surface area contributed by atoms with Gasteiger partial charge in [0.1, 0.15) is 0 Å². The molecule has 0 aromatic heterocycles. The molecule has 7 heteroatoms. The van der Waals surface area contributed by atoms with E-state index in [-0.39, 0.29) is 6.55 Å². The molecule has 0 aliphatic carbocycles. The van der Waals surface area contributed by atoms with E-state index in [1.165, 1.54) is 0 Å². The second-order valence-electron chi connectivity index (χ2n) is 1.39. The van der Waals surface area contributed by atoms with Crippen molar-refractivity contribution in [2.45, 2.75) is 6.55 Å². The van der Waals surface area contributed by atoms with E-state index in [0.29, 0.717) is 0 Å². The van der Waals surface area contributed by atoms with Gasteiger partial charge in [0.15, 0.2) is 0 Å². The first-order chi connectivity index (χ1) is 3.25. The van der Waals surface area contributed by atoms with Gasteiger partial charge in [0, 0.05) is 0 Å². The molecule has 0 nitrogen and oxygen atoms in total. The molecule has 50 valence electrons. The van der Waals surface area contributed by atoms with Crippen LogP contribution in [0.2, 0.25) is 6.55 Å². The lowest BCUT2D eigenvalue weighted by atomic mass is 11.9. The minimum absolute atomic E-state index is 0.0131. The molecular formula is CH3F5Si2. The van der Waals surface area contributed by atoms with Gasteiger partial charge in [-0.25, -0.2) is 12.3 Å². The van der Waals surface area contributed by atoms with E-state index >= 15 is 0 Å². The van der Waals surface area contributed by atoms with Crippen LogP contribution in [0.25, 0.3) is 0 Å². The van der Waals surface area contributed by atoms with Crippen molar-refractivity contribution in [1.82, 2.24) is 0 Å².